The minimum absolute atomic E-state index is 0.141. The largest absolute Gasteiger partial charge is 0.340 e. The number of hydrogen-bond acceptors (Lipinski definition) is 3. The zero-order valence-electron chi connectivity index (χ0n) is 17.6. The fourth-order valence-corrected chi connectivity index (χ4v) is 5.89. The molecule has 3 fully saturated rings. The first-order chi connectivity index (χ1) is 14.6. The minimum atomic E-state index is 0.141. The first kappa shape index (κ1) is 19.3. The standard InChI is InChI=1S/C24H30N4O2/c1-17-12-25-27(13-17)16-24(30)26-14-19-11-20(15-26)22(10-18-6-3-2-4-7-18)28-21(19)8-5-9-23(28)29/h2-4,6-7,12-13,19-22H,5,8-11,14-16H2,1H3/t19-,20+,21+,22+/m1/s1. The first-order valence-corrected chi connectivity index (χ1v) is 11.2. The van der Waals surface area contributed by atoms with Gasteiger partial charge in [-0.25, -0.2) is 0 Å². The second-order valence-electron chi connectivity index (χ2n) is 9.29. The molecule has 0 aliphatic carbocycles. The molecule has 6 heteroatoms. The summed E-state index contributed by atoms with van der Waals surface area (Å²) >= 11 is 0. The first-order valence-electron chi connectivity index (χ1n) is 11.2. The van der Waals surface area contributed by atoms with Crippen LogP contribution in [0, 0.1) is 18.8 Å². The van der Waals surface area contributed by atoms with Gasteiger partial charge in [0.15, 0.2) is 0 Å². The van der Waals surface area contributed by atoms with Crippen LogP contribution in [0.5, 0.6) is 0 Å². The highest BCUT2D eigenvalue weighted by molar-refractivity contribution is 5.78. The number of aromatic nitrogens is 2. The maximum Gasteiger partial charge on any atom is 0.244 e. The normalized spacial score (nSPS) is 28.4. The lowest BCUT2D eigenvalue weighted by atomic mass is 9.70. The van der Waals surface area contributed by atoms with Crippen LogP contribution in [0.15, 0.2) is 42.7 Å². The van der Waals surface area contributed by atoms with Crippen LogP contribution in [0.25, 0.3) is 0 Å². The molecule has 2 amide bonds. The van der Waals surface area contributed by atoms with E-state index in [4.69, 9.17) is 0 Å². The van der Waals surface area contributed by atoms with Gasteiger partial charge in [0.2, 0.25) is 11.8 Å². The second kappa shape index (κ2) is 7.89. The Kier molecular flexibility index (Phi) is 5.09. The molecule has 2 bridgehead atoms. The van der Waals surface area contributed by atoms with Crippen molar-refractivity contribution in [2.45, 2.75) is 57.7 Å². The molecule has 0 unspecified atom stereocenters. The third-order valence-electron chi connectivity index (χ3n) is 7.20. The van der Waals surface area contributed by atoms with Crippen LogP contribution in [-0.2, 0) is 22.6 Å². The van der Waals surface area contributed by atoms with Gasteiger partial charge in [-0.3, -0.25) is 14.3 Å². The topological polar surface area (TPSA) is 58.4 Å². The van der Waals surface area contributed by atoms with Crippen molar-refractivity contribution in [1.29, 1.82) is 0 Å². The van der Waals surface area contributed by atoms with Crippen molar-refractivity contribution in [3.8, 4) is 0 Å². The molecule has 158 valence electrons. The van der Waals surface area contributed by atoms with Crippen LogP contribution < -0.4 is 0 Å². The number of aryl methyl sites for hydroxylation is 1. The molecule has 4 atom stereocenters. The number of rotatable bonds is 4. The van der Waals surface area contributed by atoms with Gasteiger partial charge in [-0.15, -0.1) is 0 Å². The fraction of sp³-hybridized carbons (Fsp3) is 0.542. The molecule has 2 aromatic rings. The van der Waals surface area contributed by atoms with Crippen LogP contribution in [0.3, 0.4) is 0 Å². The number of carbonyl (C=O) groups excluding carboxylic acids is 2. The zero-order chi connectivity index (χ0) is 20.7. The summed E-state index contributed by atoms with van der Waals surface area (Å²) in [4.78, 5) is 30.3. The number of piperidine rings is 3. The molecule has 1 aromatic heterocycles. The van der Waals surface area contributed by atoms with E-state index < -0.39 is 0 Å². The van der Waals surface area contributed by atoms with Gasteiger partial charge in [0.1, 0.15) is 6.54 Å². The van der Waals surface area contributed by atoms with Crippen LogP contribution in [0.4, 0.5) is 0 Å². The summed E-state index contributed by atoms with van der Waals surface area (Å²) in [7, 11) is 0. The van der Waals surface area contributed by atoms with Crippen molar-refractivity contribution in [3.63, 3.8) is 0 Å². The molecule has 3 aliphatic rings. The second-order valence-corrected chi connectivity index (χ2v) is 9.29. The Hall–Kier alpha value is -2.63. The van der Waals surface area contributed by atoms with Crippen LogP contribution in [0.1, 0.15) is 36.8 Å². The molecule has 3 saturated heterocycles. The highest BCUT2D eigenvalue weighted by Crippen LogP contribution is 2.42. The van der Waals surface area contributed by atoms with Gasteiger partial charge in [0, 0.05) is 37.8 Å². The zero-order valence-corrected chi connectivity index (χ0v) is 17.6. The van der Waals surface area contributed by atoms with E-state index in [0.717, 1.165) is 44.3 Å². The summed E-state index contributed by atoms with van der Waals surface area (Å²) in [5.41, 5.74) is 2.34. The number of amides is 2. The van der Waals surface area contributed by atoms with Crippen molar-refractivity contribution in [2.75, 3.05) is 13.1 Å². The Balaban J connectivity index is 1.38. The van der Waals surface area contributed by atoms with E-state index in [1.165, 1.54) is 5.56 Å². The molecular formula is C24H30N4O2. The number of nitrogens with zero attached hydrogens (tertiary/aromatic N) is 4. The average Bonchev–Trinajstić information content (AvgIpc) is 3.16. The molecule has 1 aromatic carbocycles. The summed E-state index contributed by atoms with van der Waals surface area (Å²) < 4.78 is 1.74. The predicted molar refractivity (Wildman–Crippen MR) is 114 cm³/mol. The monoisotopic (exact) mass is 406 g/mol. The molecule has 0 radical (unpaired) electrons. The Labute approximate surface area is 177 Å². The van der Waals surface area contributed by atoms with Crippen molar-refractivity contribution in [1.82, 2.24) is 19.6 Å². The molecule has 4 heterocycles. The molecule has 0 saturated carbocycles. The van der Waals surface area contributed by atoms with Gasteiger partial charge in [0.25, 0.3) is 0 Å². The smallest absolute Gasteiger partial charge is 0.244 e. The van der Waals surface area contributed by atoms with Crippen molar-refractivity contribution in [3.05, 3.63) is 53.9 Å². The van der Waals surface area contributed by atoms with Gasteiger partial charge in [-0.2, -0.15) is 5.10 Å². The lowest BCUT2D eigenvalue weighted by Gasteiger charge is -2.56. The third kappa shape index (κ3) is 3.64. The summed E-state index contributed by atoms with van der Waals surface area (Å²) in [6.07, 6.45) is 8.41. The van der Waals surface area contributed by atoms with Gasteiger partial charge in [-0.1, -0.05) is 30.3 Å². The fourth-order valence-electron chi connectivity index (χ4n) is 5.89. The lowest BCUT2D eigenvalue weighted by Crippen LogP contribution is -2.66. The minimum Gasteiger partial charge on any atom is -0.340 e. The van der Waals surface area contributed by atoms with Crippen molar-refractivity contribution < 1.29 is 9.59 Å². The predicted octanol–water partition coefficient (Wildman–Crippen LogP) is 2.66. The number of hydrogen-bond donors (Lipinski definition) is 0. The van der Waals surface area contributed by atoms with Gasteiger partial charge >= 0.3 is 0 Å². The number of benzene rings is 1. The molecule has 5 rings (SSSR count). The lowest BCUT2D eigenvalue weighted by molar-refractivity contribution is -0.156. The maximum atomic E-state index is 13.1. The van der Waals surface area contributed by atoms with Crippen LogP contribution in [0.2, 0.25) is 0 Å². The van der Waals surface area contributed by atoms with Crippen LogP contribution in [-0.4, -0.2) is 56.6 Å². The van der Waals surface area contributed by atoms with E-state index in [0.29, 0.717) is 30.7 Å². The van der Waals surface area contributed by atoms with Crippen LogP contribution >= 0.6 is 0 Å². The highest BCUT2D eigenvalue weighted by Gasteiger charge is 2.49. The Bertz CT molecular complexity index is 924. The molecule has 3 aliphatic heterocycles. The van der Waals surface area contributed by atoms with E-state index >= 15 is 0 Å². The number of likely N-dealkylation sites (tertiary alicyclic amines) is 1. The summed E-state index contributed by atoms with van der Waals surface area (Å²) in [6.45, 7) is 3.79. The third-order valence-corrected chi connectivity index (χ3v) is 7.20. The van der Waals surface area contributed by atoms with E-state index in [1.54, 1.807) is 10.9 Å². The van der Waals surface area contributed by atoms with E-state index in [1.807, 2.05) is 24.1 Å². The van der Waals surface area contributed by atoms with Gasteiger partial charge < -0.3 is 9.80 Å². The van der Waals surface area contributed by atoms with Gasteiger partial charge in [-0.05, 0) is 55.6 Å². The number of fused-ring (bicyclic) bond motifs is 4. The Morgan fingerprint density at radius 3 is 2.73 bits per heavy atom. The molecule has 6 nitrogen and oxygen atoms in total. The van der Waals surface area contributed by atoms with Crippen molar-refractivity contribution in [2.24, 2.45) is 11.8 Å². The van der Waals surface area contributed by atoms with Gasteiger partial charge in [0.05, 0.1) is 6.20 Å². The quantitative estimate of drug-likeness (QED) is 0.784. The Morgan fingerprint density at radius 1 is 1.17 bits per heavy atom. The van der Waals surface area contributed by atoms with E-state index in [2.05, 4.69) is 34.3 Å². The Morgan fingerprint density at radius 2 is 1.97 bits per heavy atom. The summed E-state index contributed by atoms with van der Waals surface area (Å²) in [5.74, 6) is 1.18. The molecule has 30 heavy (non-hydrogen) atoms. The molecular weight excluding hydrogens is 376 g/mol. The van der Waals surface area contributed by atoms with E-state index in [9.17, 15) is 9.59 Å². The number of carbonyl (C=O) groups is 2. The maximum absolute atomic E-state index is 13.1. The highest BCUT2D eigenvalue weighted by atomic mass is 16.2. The molecule has 0 spiro atoms. The SMILES string of the molecule is Cc1cnn(CC(=O)N2C[C@H]3C[C@@H](C2)[C@H](Cc2ccccc2)N2C(=O)CCC[C@@H]32)c1. The molecule has 0 N–H and O–H groups in total. The van der Waals surface area contributed by atoms with Crippen molar-refractivity contribution >= 4 is 11.8 Å². The summed E-state index contributed by atoms with van der Waals surface area (Å²) in [5, 5.41) is 4.29. The van der Waals surface area contributed by atoms with E-state index in [-0.39, 0.29) is 18.0 Å². The summed E-state index contributed by atoms with van der Waals surface area (Å²) in [6, 6.07) is 10.9. The average molecular weight is 407 g/mol.